The maximum Gasteiger partial charge on any atom is 0.243 e. The number of halogens is 1. The molecule has 1 N–H and O–H groups in total. The fourth-order valence-electron chi connectivity index (χ4n) is 5.75. The van der Waals surface area contributed by atoms with Gasteiger partial charge in [-0.1, -0.05) is 23.7 Å². The summed E-state index contributed by atoms with van der Waals surface area (Å²) < 4.78 is 34.9. The van der Waals surface area contributed by atoms with E-state index in [1.54, 1.807) is 47.6 Å². The SMILES string of the molecule is O=C1CN(S(=O)(=O)c2ccc3cc(Cl)ccc3c2)CC2(CO)OC3(CCN(c4ccncc4)CC3)CN12. The molecule has 1 amide bonds. The third kappa shape index (κ3) is 4.17. The van der Waals surface area contributed by atoms with Crippen molar-refractivity contribution in [3.63, 3.8) is 0 Å². The molecule has 0 bridgehead atoms. The predicted octanol–water partition coefficient (Wildman–Crippen LogP) is 2.48. The number of carbonyl (C=O) groups is 1. The van der Waals surface area contributed by atoms with E-state index in [4.69, 9.17) is 16.3 Å². The number of hydrogen-bond acceptors (Lipinski definition) is 7. The third-order valence-corrected chi connectivity index (χ3v) is 9.76. The number of sulfonamides is 1. The largest absolute Gasteiger partial charge is 0.391 e. The van der Waals surface area contributed by atoms with Crippen LogP contribution in [0.5, 0.6) is 0 Å². The molecule has 3 fully saturated rings. The minimum atomic E-state index is -4.02. The van der Waals surface area contributed by atoms with Crippen molar-refractivity contribution in [3.05, 3.63) is 65.9 Å². The quantitative estimate of drug-likeness (QED) is 0.540. The summed E-state index contributed by atoms with van der Waals surface area (Å²) in [6.45, 7) is 0.850. The van der Waals surface area contributed by atoms with E-state index in [2.05, 4.69) is 9.88 Å². The van der Waals surface area contributed by atoms with Crippen molar-refractivity contribution in [2.24, 2.45) is 0 Å². The first-order valence-corrected chi connectivity index (χ1v) is 14.0. The summed E-state index contributed by atoms with van der Waals surface area (Å²) in [7, 11) is -4.02. The van der Waals surface area contributed by atoms with Crippen LogP contribution >= 0.6 is 11.6 Å². The number of anilines is 1. The van der Waals surface area contributed by atoms with E-state index in [0.29, 0.717) is 24.4 Å². The van der Waals surface area contributed by atoms with Gasteiger partial charge in [0.1, 0.15) is 0 Å². The number of aliphatic hydroxyl groups is 1. The molecule has 3 aliphatic heterocycles. The van der Waals surface area contributed by atoms with Gasteiger partial charge >= 0.3 is 0 Å². The van der Waals surface area contributed by atoms with E-state index in [1.807, 2.05) is 12.1 Å². The molecule has 6 rings (SSSR count). The highest BCUT2D eigenvalue weighted by Crippen LogP contribution is 2.44. The summed E-state index contributed by atoms with van der Waals surface area (Å²) in [6, 6.07) is 13.9. The van der Waals surface area contributed by atoms with E-state index < -0.39 is 28.0 Å². The number of aliphatic hydroxyl groups excluding tert-OH is 1. The molecule has 11 heteroatoms. The Kier molecular flexibility index (Phi) is 5.92. The third-order valence-electron chi connectivity index (χ3n) is 7.74. The number of amides is 1. The summed E-state index contributed by atoms with van der Waals surface area (Å²) in [6.07, 6.45) is 4.82. The van der Waals surface area contributed by atoms with Crippen molar-refractivity contribution in [2.45, 2.75) is 29.1 Å². The van der Waals surface area contributed by atoms with Crippen molar-refractivity contribution in [3.8, 4) is 0 Å². The van der Waals surface area contributed by atoms with Crippen molar-refractivity contribution in [2.75, 3.05) is 44.2 Å². The highest BCUT2D eigenvalue weighted by atomic mass is 35.5. The molecule has 1 atom stereocenters. The Morgan fingerprint density at radius 1 is 1.00 bits per heavy atom. The zero-order chi connectivity index (χ0) is 25.8. The molecule has 1 aromatic heterocycles. The Morgan fingerprint density at radius 2 is 1.70 bits per heavy atom. The van der Waals surface area contributed by atoms with Crippen molar-refractivity contribution in [1.29, 1.82) is 0 Å². The van der Waals surface area contributed by atoms with Gasteiger partial charge in [-0.15, -0.1) is 0 Å². The summed E-state index contributed by atoms with van der Waals surface area (Å²) in [5, 5.41) is 12.6. The van der Waals surface area contributed by atoms with Crippen LogP contribution < -0.4 is 4.90 Å². The number of piperidine rings is 1. The Labute approximate surface area is 220 Å². The van der Waals surface area contributed by atoms with Gasteiger partial charge in [0.25, 0.3) is 0 Å². The summed E-state index contributed by atoms with van der Waals surface area (Å²) in [4.78, 5) is 21.2. The number of ether oxygens (including phenoxy) is 1. The first-order valence-electron chi connectivity index (χ1n) is 12.2. The van der Waals surface area contributed by atoms with E-state index >= 15 is 0 Å². The average molecular weight is 543 g/mol. The number of rotatable bonds is 4. The van der Waals surface area contributed by atoms with Crippen LogP contribution in [0, 0.1) is 0 Å². The molecular formula is C26H27ClN4O5S. The van der Waals surface area contributed by atoms with Crippen LogP contribution in [0.15, 0.2) is 65.8 Å². The predicted molar refractivity (Wildman–Crippen MR) is 139 cm³/mol. The highest BCUT2D eigenvalue weighted by Gasteiger charge is 2.60. The van der Waals surface area contributed by atoms with Crippen LogP contribution in [0.25, 0.3) is 10.8 Å². The van der Waals surface area contributed by atoms with Gasteiger partial charge in [-0.25, -0.2) is 8.42 Å². The molecule has 1 spiro atoms. The number of pyridine rings is 1. The molecule has 194 valence electrons. The van der Waals surface area contributed by atoms with Crippen molar-refractivity contribution >= 4 is 44.0 Å². The van der Waals surface area contributed by atoms with Gasteiger partial charge in [-0.2, -0.15) is 4.31 Å². The second kappa shape index (κ2) is 8.92. The van der Waals surface area contributed by atoms with Crippen LogP contribution in [0.3, 0.4) is 0 Å². The maximum absolute atomic E-state index is 13.6. The summed E-state index contributed by atoms with van der Waals surface area (Å²) >= 11 is 6.06. The van der Waals surface area contributed by atoms with Crippen molar-refractivity contribution < 1.29 is 23.1 Å². The second-order valence-electron chi connectivity index (χ2n) is 9.99. The summed E-state index contributed by atoms with van der Waals surface area (Å²) in [5.74, 6) is -0.370. The van der Waals surface area contributed by atoms with E-state index in [9.17, 15) is 18.3 Å². The first-order chi connectivity index (χ1) is 17.7. The fourth-order valence-corrected chi connectivity index (χ4v) is 7.40. The topological polar surface area (TPSA) is 103 Å². The number of carbonyl (C=O) groups excluding carboxylic acids is 1. The van der Waals surface area contributed by atoms with Gasteiger partial charge in [0, 0.05) is 36.2 Å². The molecule has 2 aromatic carbocycles. The lowest BCUT2D eigenvalue weighted by Gasteiger charge is -2.44. The van der Waals surface area contributed by atoms with Gasteiger partial charge in [0.2, 0.25) is 15.9 Å². The lowest BCUT2D eigenvalue weighted by atomic mass is 9.91. The number of aromatic nitrogens is 1. The Bertz CT molecular complexity index is 1460. The molecule has 0 aliphatic carbocycles. The van der Waals surface area contributed by atoms with E-state index in [-0.39, 0.29) is 23.9 Å². The lowest BCUT2D eigenvalue weighted by molar-refractivity contribution is -0.191. The lowest BCUT2D eigenvalue weighted by Crippen LogP contribution is -2.65. The van der Waals surface area contributed by atoms with Crippen LogP contribution in [-0.4, -0.2) is 84.3 Å². The molecule has 1 unspecified atom stereocenters. The standard InChI is InChI=1S/C26H27ClN4O5S/c27-21-3-1-20-14-23(4-2-19(20)13-21)37(34,35)30-15-24(33)31-16-25(36-26(31,17-30)18-32)7-11-29(12-8-25)22-5-9-28-10-6-22/h1-6,9-10,13-14,32H,7-8,11-12,15-18H2. The number of hydrogen-bond donors (Lipinski definition) is 1. The van der Waals surface area contributed by atoms with Crippen LogP contribution in [-0.2, 0) is 19.6 Å². The average Bonchev–Trinajstić information content (AvgIpc) is 3.24. The van der Waals surface area contributed by atoms with Crippen LogP contribution in [0.2, 0.25) is 5.02 Å². The molecular weight excluding hydrogens is 516 g/mol. The Balaban J connectivity index is 1.25. The zero-order valence-corrected chi connectivity index (χ0v) is 21.7. The van der Waals surface area contributed by atoms with Gasteiger partial charge in [0.05, 0.1) is 36.7 Å². The first kappa shape index (κ1) is 24.6. The maximum atomic E-state index is 13.6. The molecule has 0 saturated carbocycles. The van der Waals surface area contributed by atoms with E-state index in [0.717, 1.165) is 33.9 Å². The van der Waals surface area contributed by atoms with Gasteiger partial charge in [-0.05, 0) is 60.0 Å². The normalized spacial score (nSPS) is 24.1. The second-order valence-corrected chi connectivity index (χ2v) is 12.4. The monoisotopic (exact) mass is 542 g/mol. The summed E-state index contributed by atoms with van der Waals surface area (Å²) in [5.41, 5.74) is -0.973. The van der Waals surface area contributed by atoms with Crippen LogP contribution in [0.4, 0.5) is 5.69 Å². The number of piperazine rings is 1. The molecule has 0 radical (unpaired) electrons. The highest BCUT2D eigenvalue weighted by molar-refractivity contribution is 7.89. The molecule has 3 saturated heterocycles. The van der Waals surface area contributed by atoms with Gasteiger partial charge in [0.15, 0.2) is 5.72 Å². The molecule has 4 heterocycles. The molecule has 37 heavy (non-hydrogen) atoms. The fraction of sp³-hybridized carbons (Fsp3) is 0.385. The zero-order valence-electron chi connectivity index (χ0n) is 20.1. The van der Waals surface area contributed by atoms with Gasteiger partial charge in [-0.3, -0.25) is 9.78 Å². The Morgan fingerprint density at radius 3 is 2.43 bits per heavy atom. The van der Waals surface area contributed by atoms with Crippen LogP contribution in [0.1, 0.15) is 12.8 Å². The van der Waals surface area contributed by atoms with Crippen molar-refractivity contribution in [1.82, 2.24) is 14.2 Å². The minimum absolute atomic E-state index is 0.0787. The molecule has 9 nitrogen and oxygen atoms in total. The number of nitrogens with zero attached hydrogens (tertiary/aromatic N) is 4. The van der Waals surface area contributed by atoms with Gasteiger partial charge < -0.3 is 19.6 Å². The number of benzene rings is 2. The molecule has 3 aromatic rings. The molecule has 3 aliphatic rings. The Hall–Kier alpha value is -2.76. The minimum Gasteiger partial charge on any atom is -0.391 e. The smallest absolute Gasteiger partial charge is 0.243 e. The number of fused-ring (bicyclic) bond motifs is 2. The van der Waals surface area contributed by atoms with E-state index in [1.165, 1.54) is 6.07 Å².